The Morgan fingerprint density at radius 3 is 2.43 bits per heavy atom. The molecule has 0 bridgehead atoms. The van der Waals surface area contributed by atoms with E-state index in [0.717, 1.165) is 27.2 Å². The molecule has 0 fully saturated rings. The highest BCUT2D eigenvalue weighted by molar-refractivity contribution is 7.20. The van der Waals surface area contributed by atoms with Gasteiger partial charge in [-0.2, -0.15) is 5.10 Å². The Bertz CT molecular complexity index is 958. The van der Waals surface area contributed by atoms with Crippen molar-refractivity contribution in [1.82, 2.24) is 10.2 Å². The molecule has 4 rings (SSSR count). The lowest BCUT2D eigenvalue weighted by Gasteiger charge is -2.02. The van der Waals surface area contributed by atoms with Gasteiger partial charge in [0.05, 0.1) is 4.88 Å². The number of hydrogen-bond donors (Lipinski definition) is 2. The predicted molar refractivity (Wildman–Crippen MR) is 93.8 cm³/mol. The van der Waals surface area contributed by atoms with Gasteiger partial charge in [-0.15, -0.1) is 11.3 Å². The number of anilines is 1. The summed E-state index contributed by atoms with van der Waals surface area (Å²) >= 11 is 1.41. The van der Waals surface area contributed by atoms with E-state index in [1.807, 2.05) is 66.7 Å². The lowest BCUT2D eigenvalue weighted by atomic mass is 10.1. The van der Waals surface area contributed by atoms with Crippen molar-refractivity contribution in [3.05, 3.63) is 71.6 Å². The SMILES string of the molecule is O=C(Nc1ccccc1)c1cc2c(-c3ccccc3)n[nH]c2s1. The third-order valence-electron chi connectivity index (χ3n) is 3.56. The van der Waals surface area contributed by atoms with Gasteiger partial charge in [-0.05, 0) is 18.2 Å². The summed E-state index contributed by atoms with van der Waals surface area (Å²) in [7, 11) is 0. The van der Waals surface area contributed by atoms with Crippen LogP contribution in [0.5, 0.6) is 0 Å². The molecular formula is C18H13N3OS. The summed E-state index contributed by atoms with van der Waals surface area (Å²) in [6.07, 6.45) is 0. The van der Waals surface area contributed by atoms with Crippen molar-refractivity contribution in [2.75, 3.05) is 5.32 Å². The molecule has 2 N–H and O–H groups in total. The molecule has 2 aromatic heterocycles. The number of thiophene rings is 1. The molecule has 1 amide bonds. The van der Waals surface area contributed by atoms with Gasteiger partial charge in [-0.25, -0.2) is 0 Å². The number of aromatic nitrogens is 2. The van der Waals surface area contributed by atoms with Crippen LogP contribution in [0.1, 0.15) is 9.67 Å². The summed E-state index contributed by atoms with van der Waals surface area (Å²) in [5.74, 6) is -0.107. The minimum Gasteiger partial charge on any atom is -0.321 e. The third kappa shape index (κ3) is 2.62. The number of rotatable bonds is 3. The first-order chi connectivity index (χ1) is 11.3. The van der Waals surface area contributed by atoms with E-state index in [9.17, 15) is 4.79 Å². The zero-order chi connectivity index (χ0) is 15.6. The van der Waals surface area contributed by atoms with Crippen molar-refractivity contribution in [3.63, 3.8) is 0 Å². The molecule has 0 spiro atoms. The van der Waals surface area contributed by atoms with E-state index in [0.29, 0.717) is 4.88 Å². The number of carbonyl (C=O) groups excluding carboxylic acids is 1. The second-order valence-electron chi connectivity index (χ2n) is 5.11. The van der Waals surface area contributed by atoms with Crippen LogP contribution in [0.25, 0.3) is 21.5 Å². The number of hydrogen-bond acceptors (Lipinski definition) is 3. The second kappa shape index (κ2) is 5.70. The standard InChI is InChI=1S/C18H13N3OS/c22-17(19-13-9-5-2-6-10-13)15-11-14-16(20-21-18(14)23-15)12-7-3-1-4-8-12/h1-11H,(H,19,22)(H,20,21). The second-order valence-corrected chi connectivity index (χ2v) is 6.16. The van der Waals surface area contributed by atoms with E-state index >= 15 is 0 Å². The van der Waals surface area contributed by atoms with Crippen molar-refractivity contribution >= 4 is 33.1 Å². The van der Waals surface area contributed by atoms with Crippen molar-refractivity contribution in [3.8, 4) is 11.3 Å². The number of nitrogens with one attached hydrogen (secondary N) is 2. The smallest absolute Gasteiger partial charge is 0.265 e. The Morgan fingerprint density at radius 1 is 1.00 bits per heavy atom. The first kappa shape index (κ1) is 13.7. The van der Waals surface area contributed by atoms with Gasteiger partial charge < -0.3 is 5.32 Å². The maximum Gasteiger partial charge on any atom is 0.265 e. The van der Waals surface area contributed by atoms with Crippen LogP contribution in [0.3, 0.4) is 0 Å². The lowest BCUT2D eigenvalue weighted by Crippen LogP contribution is -2.09. The van der Waals surface area contributed by atoms with Crippen molar-refractivity contribution < 1.29 is 4.79 Å². The van der Waals surface area contributed by atoms with E-state index < -0.39 is 0 Å². The maximum atomic E-state index is 12.4. The summed E-state index contributed by atoms with van der Waals surface area (Å²) in [6, 6.07) is 21.3. The molecule has 2 heterocycles. The Morgan fingerprint density at radius 2 is 1.70 bits per heavy atom. The molecule has 0 unspecified atom stereocenters. The quantitative estimate of drug-likeness (QED) is 0.582. The summed E-state index contributed by atoms with van der Waals surface area (Å²) in [5, 5.41) is 11.3. The van der Waals surface area contributed by atoms with Gasteiger partial charge in [-0.1, -0.05) is 48.5 Å². The molecule has 0 saturated carbocycles. The Balaban J connectivity index is 1.67. The fourth-order valence-electron chi connectivity index (χ4n) is 2.46. The highest BCUT2D eigenvalue weighted by Crippen LogP contribution is 2.32. The first-order valence-corrected chi connectivity index (χ1v) is 8.02. The van der Waals surface area contributed by atoms with Crippen molar-refractivity contribution in [2.24, 2.45) is 0 Å². The van der Waals surface area contributed by atoms with Gasteiger partial charge in [0.15, 0.2) is 0 Å². The van der Waals surface area contributed by atoms with Gasteiger partial charge >= 0.3 is 0 Å². The Hall–Kier alpha value is -2.92. The van der Waals surface area contributed by atoms with E-state index in [4.69, 9.17) is 0 Å². The van der Waals surface area contributed by atoms with Crippen molar-refractivity contribution in [2.45, 2.75) is 0 Å². The Kier molecular flexibility index (Phi) is 3.40. The van der Waals surface area contributed by atoms with Gasteiger partial charge in [0.25, 0.3) is 5.91 Å². The molecule has 0 aliphatic rings. The summed E-state index contributed by atoms with van der Waals surface area (Å²) < 4.78 is 0. The highest BCUT2D eigenvalue weighted by atomic mass is 32.1. The number of H-pyrrole nitrogens is 1. The number of para-hydroxylation sites is 1. The normalized spacial score (nSPS) is 10.8. The zero-order valence-electron chi connectivity index (χ0n) is 12.1. The number of aromatic amines is 1. The van der Waals surface area contributed by atoms with Gasteiger partial charge in [0.1, 0.15) is 10.5 Å². The number of nitrogens with zero attached hydrogens (tertiary/aromatic N) is 1. The fraction of sp³-hybridized carbons (Fsp3) is 0. The van der Waals surface area contributed by atoms with Crippen LogP contribution in [-0.4, -0.2) is 16.1 Å². The fourth-order valence-corrected chi connectivity index (χ4v) is 3.36. The van der Waals surface area contributed by atoms with Crippen LogP contribution < -0.4 is 5.32 Å². The number of benzene rings is 2. The predicted octanol–water partition coefficient (Wildman–Crippen LogP) is 4.54. The van der Waals surface area contributed by atoms with E-state index in [2.05, 4.69) is 15.5 Å². The topological polar surface area (TPSA) is 57.8 Å². The number of amides is 1. The van der Waals surface area contributed by atoms with Crippen LogP contribution >= 0.6 is 11.3 Å². The molecule has 0 aliphatic heterocycles. The number of carbonyl (C=O) groups is 1. The molecule has 0 saturated heterocycles. The molecular weight excluding hydrogens is 306 g/mol. The van der Waals surface area contributed by atoms with Crippen LogP contribution in [0.4, 0.5) is 5.69 Å². The van der Waals surface area contributed by atoms with Gasteiger partial charge in [0, 0.05) is 16.6 Å². The van der Waals surface area contributed by atoms with Crippen LogP contribution in [0.15, 0.2) is 66.7 Å². The molecule has 23 heavy (non-hydrogen) atoms. The van der Waals surface area contributed by atoms with Gasteiger partial charge in [0.2, 0.25) is 0 Å². The molecule has 4 nitrogen and oxygen atoms in total. The van der Waals surface area contributed by atoms with Crippen molar-refractivity contribution in [1.29, 1.82) is 0 Å². The molecule has 4 aromatic rings. The summed E-state index contributed by atoms with van der Waals surface area (Å²) in [5.41, 5.74) is 2.69. The lowest BCUT2D eigenvalue weighted by molar-refractivity contribution is 0.103. The summed E-state index contributed by atoms with van der Waals surface area (Å²) in [4.78, 5) is 14.0. The molecule has 0 radical (unpaired) electrons. The molecule has 5 heteroatoms. The first-order valence-electron chi connectivity index (χ1n) is 7.21. The minimum absolute atomic E-state index is 0.107. The minimum atomic E-state index is -0.107. The highest BCUT2D eigenvalue weighted by Gasteiger charge is 2.15. The molecule has 2 aromatic carbocycles. The maximum absolute atomic E-state index is 12.4. The average Bonchev–Trinajstić information content (AvgIpc) is 3.17. The summed E-state index contributed by atoms with van der Waals surface area (Å²) in [6.45, 7) is 0. The third-order valence-corrected chi connectivity index (χ3v) is 4.60. The largest absolute Gasteiger partial charge is 0.321 e. The monoisotopic (exact) mass is 319 g/mol. The van der Waals surface area contributed by atoms with E-state index in [1.54, 1.807) is 0 Å². The molecule has 0 atom stereocenters. The molecule has 112 valence electrons. The average molecular weight is 319 g/mol. The molecule has 0 aliphatic carbocycles. The van der Waals surface area contributed by atoms with Crippen LogP contribution in [0, 0.1) is 0 Å². The van der Waals surface area contributed by atoms with E-state index in [-0.39, 0.29) is 5.91 Å². The Labute approximate surface area is 136 Å². The zero-order valence-corrected chi connectivity index (χ0v) is 12.9. The van der Waals surface area contributed by atoms with Gasteiger partial charge in [-0.3, -0.25) is 9.89 Å². The van der Waals surface area contributed by atoms with E-state index in [1.165, 1.54) is 11.3 Å². The van der Waals surface area contributed by atoms with Crippen LogP contribution in [0.2, 0.25) is 0 Å². The number of fused-ring (bicyclic) bond motifs is 1. The van der Waals surface area contributed by atoms with Crippen LogP contribution in [-0.2, 0) is 0 Å².